The maximum absolute atomic E-state index is 11.1. The van der Waals surface area contributed by atoms with Gasteiger partial charge in [-0.2, -0.15) is 12.6 Å². The fourth-order valence-corrected chi connectivity index (χ4v) is 2.44. The summed E-state index contributed by atoms with van der Waals surface area (Å²) in [6.07, 6.45) is 1.04. The van der Waals surface area contributed by atoms with Gasteiger partial charge in [0.1, 0.15) is 0 Å². The topological polar surface area (TPSA) is 26.3 Å². The third-order valence-corrected chi connectivity index (χ3v) is 3.85. The molecular formula is C15H15ClO2S. The minimum Gasteiger partial charge on any atom is -0.469 e. The van der Waals surface area contributed by atoms with Crippen LogP contribution in [0.1, 0.15) is 23.7 Å². The molecule has 0 bridgehead atoms. The largest absolute Gasteiger partial charge is 0.469 e. The molecule has 0 aliphatic heterocycles. The van der Waals surface area contributed by atoms with E-state index >= 15 is 0 Å². The van der Waals surface area contributed by atoms with Crippen LogP contribution in [0.25, 0.3) is 10.8 Å². The summed E-state index contributed by atoms with van der Waals surface area (Å²) in [5.74, 6) is -0.202. The monoisotopic (exact) mass is 294 g/mol. The lowest BCUT2D eigenvalue weighted by molar-refractivity contribution is -0.140. The average molecular weight is 295 g/mol. The summed E-state index contributed by atoms with van der Waals surface area (Å²) in [4.78, 5) is 11.1. The Morgan fingerprint density at radius 2 is 1.95 bits per heavy atom. The lowest BCUT2D eigenvalue weighted by Crippen LogP contribution is -2.02. The fraction of sp³-hybridized carbons (Fsp3) is 0.267. The molecule has 0 aliphatic rings. The number of carbonyl (C=O) groups is 1. The number of rotatable bonds is 4. The van der Waals surface area contributed by atoms with E-state index in [4.69, 9.17) is 11.6 Å². The first-order valence-corrected chi connectivity index (χ1v) is 6.93. The zero-order valence-electron chi connectivity index (χ0n) is 10.6. The van der Waals surface area contributed by atoms with Crippen LogP contribution in [0.15, 0.2) is 36.4 Å². The highest BCUT2D eigenvalue weighted by Crippen LogP contribution is 2.29. The van der Waals surface area contributed by atoms with E-state index in [1.807, 2.05) is 30.3 Å². The van der Waals surface area contributed by atoms with Crippen LogP contribution < -0.4 is 0 Å². The smallest absolute Gasteiger partial charge is 0.305 e. The van der Waals surface area contributed by atoms with Gasteiger partial charge in [0.05, 0.1) is 7.11 Å². The zero-order valence-corrected chi connectivity index (χ0v) is 12.2. The number of halogens is 1. The van der Waals surface area contributed by atoms with E-state index < -0.39 is 0 Å². The Kier molecular flexibility index (Phi) is 4.72. The molecule has 0 aliphatic carbocycles. The normalized spacial score (nSPS) is 12.4. The second-order valence-electron chi connectivity index (χ2n) is 4.38. The minimum absolute atomic E-state index is 0.0270. The second kappa shape index (κ2) is 6.31. The van der Waals surface area contributed by atoms with Gasteiger partial charge in [-0.15, -0.1) is 0 Å². The first kappa shape index (κ1) is 14.2. The van der Waals surface area contributed by atoms with Crippen LogP contribution in [0, 0.1) is 0 Å². The molecule has 4 heteroatoms. The summed E-state index contributed by atoms with van der Waals surface area (Å²) in [6.45, 7) is 0. The van der Waals surface area contributed by atoms with E-state index in [1.165, 1.54) is 7.11 Å². The molecule has 19 heavy (non-hydrogen) atoms. The molecule has 2 nitrogen and oxygen atoms in total. The van der Waals surface area contributed by atoms with Crippen molar-refractivity contribution in [1.29, 1.82) is 0 Å². The van der Waals surface area contributed by atoms with Crippen molar-refractivity contribution in [3.8, 4) is 0 Å². The van der Waals surface area contributed by atoms with Gasteiger partial charge in [-0.1, -0.05) is 35.9 Å². The third kappa shape index (κ3) is 3.64. The minimum atomic E-state index is -0.202. The SMILES string of the molecule is COC(=O)CCC(S)c1ccc2cc(Cl)ccc2c1. The molecule has 2 aromatic rings. The lowest BCUT2D eigenvalue weighted by atomic mass is 10.0. The Balaban J connectivity index is 2.16. The van der Waals surface area contributed by atoms with Gasteiger partial charge < -0.3 is 4.74 Å². The fourth-order valence-electron chi connectivity index (χ4n) is 1.97. The molecule has 2 aromatic carbocycles. The molecule has 0 saturated carbocycles. The summed E-state index contributed by atoms with van der Waals surface area (Å²) in [5.41, 5.74) is 1.10. The lowest BCUT2D eigenvalue weighted by Gasteiger charge is -2.11. The van der Waals surface area contributed by atoms with E-state index in [-0.39, 0.29) is 11.2 Å². The molecule has 0 aromatic heterocycles. The van der Waals surface area contributed by atoms with Crippen LogP contribution in [-0.2, 0) is 9.53 Å². The Morgan fingerprint density at radius 1 is 1.26 bits per heavy atom. The average Bonchev–Trinajstić information content (AvgIpc) is 2.43. The second-order valence-corrected chi connectivity index (χ2v) is 5.44. The highest BCUT2D eigenvalue weighted by molar-refractivity contribution is 7.80. The predicted octanol–water partition coefficient (Wildman–Crippen LogP) is 4.42. The van der Waals surface area contributed by atoms with Crippen molar-refractivity contribution in [2.24, 2.45) is 0 Å². The van der Waals surface area contributed by atoms with Crippen molar-refractivity contribution in [3.05, 3.63) is 47.0 Å². The number of carbonyl (C=O) groups excluding carboxylic acids is 1. The van der Waals surface area contributed by atoms with Gasteiger partial charge in [-0.25, -0.2) is 0 Å². The van der Waals surface area contributed by atoms with E-state index in [9.17, 15) is 4.79 Å². The molecule has 0 amide bonds. The molecule has 0 radical (unpaired) electrons. The van der Waals surface area contributed by atoms with Crippen LogP contribution in [0.5, 0.6) is 0 Å². The van der Waals surface area contributed by atoms with Crippen molar-refractivity contribution in [2.75, 3.05) is 7.11 Å². The zero-order chi connectivity index (χ0) is 13.8. The van der Waals surface area contributed by atoms with Crippen LogP contribution in [-0.4, -0.2) is 13.1 Å². The van der Waals surface area contributed by atoms with E-state index in [1.54, 1.807) is 0 Å². The molecule has 0 N–H and O–H groups in total. The van der Waals surface area contributed by atoms with Gasteiger partial charge in [0.2, 0.25) is 0 Å². The molecule has 2 rings (SSSR count). The molecular weight excluding hydrogens is 280 g/mol. The van der Waals surface area contributed by atoms with Crippen LogP contribution in [0.3, 0.4) is 0 Å². The van der Waals surface area contributed by atoms with Gasteiger partial charge in [0.15, 0.2) is 0 Å². The number of ether oxygens (including phenoxy) is 1. The molecule has 100 valence electrons. The first-order chi connectivity index (χ1) is 9.10. The van der Waals surface area contributed by atoms with Gasteiger partial charge in [-0.3, -0.25) is 4.79 Å². The van der Waals surface area contributed by atoms with Gasteiger partial charge in [0, 0.05) is 16.7 Å². The number of hydrogen-bond donors (Lipinski definition) is 1. The van der Waals surface area contributed by atoms with Crippen molar-refractivity contribution in [2.45, 2.75) is 18.1 Å². The summed E-state index contributed by atoms with van der Waals surface area (Å²) < 4.78 is 4.63. The highest BCUT2D eigenvalue weighted by Gasteiger charge is 2.10. The van der Waals surface area contributed by atoms with E-state index in [0.29, 0.717) is 12.8 Å². The Bertz CT molecular complexity index is 598. The Hall–Kier alpha value is -1.19. The molecule has 0 saturated heterocycles. The number of esters is 1. The quantitative estimate of drug-likeness (QED) is 0.667. The molecule has 0 fully saturated rings. The van der Waals surface area contributed by atoms with Crippen molar-refractivity contribution < 1.29 is 9.53 Å². The van der Waals surface area contributed by atoms with Crippen LogP contribution in [0.4, 0.5) is 0 Å². The number of methoxy groups -OCH3 is 1. The van der Waals surface area contributed by atoms with Crippen molar-refractivity contribution in [1.82, 2.24) is 0 Å². The molecule has 0 spiro atoms. The number of thiol groups is 1. The molecule has 1 atom stereocenters. The predicted molar refractivity (Wildman–Crippen MR) is 81.9 cm³/mol. The van der Waals surface area contributed by atoms with Gasteiger partial charge in [-0.05, 0) is 34.9 Å². The number of hydrogen-bond acceptors (Lipinski definition) is 3. The summed E-state index contributed by atoms with van der Waals surface area (Å²) >= 11 is 10.5. The van der Waals surface area contributed by atoms with Gasteiger partial charge >= 0.3 is 5.97 Å². The summed E-state index contributed by atoms with van der Waals surface area (Å²) in [7, 11) is 1.40. The molecule has 1 unspecified atom stereocenters. The number of benzene rings is 2. The molecule has 0 heterocycles. The van der Waals surface area contributed by atoms with Crippen molar-refractivity contribution >= 4 is 41.0 Å². The maximum Gasteiger partial charge on any atom is 0.305 e. The maximum atomic E-state index is 11.1. The van der Waals surface area contributed by atoms with Gasteiger partial charge in [0.25, 0.3) is 0 Å². The van der Waals surface area contributed by atoms with E-state index in [0.717, 1.165) is 21.4 Å². The summed E-state index contributed by atoms with van der Waals surface area (Å²) in [5, 5.41) is 2.98. The van der Waals surface area contributed by atoms with Crippen LogP contribution >= 0.6 is 24.2 Å². The Morgan fingerprint density at radius 3 is 2.68 bits per heavy atom. The number of fused-ring (bicyclic) bond motifs is 1. The highest BCUT2D eigenvalue weighted by atomic mass is 35.5. The standard InChI is InChI=1S/C15H15ClO2S/c1-18-15(17)7-6-14(19)12-3-2-11-9-13(16)5-4-10(11)8-12/h2-5,8-9,14,19H,6-7H2,1H3. The summed E-state index contributed by atoms with van der Waals surface area (Å²) in [6, 6.07) is 11.9. The first-order valence-electron chi connectivity index (χ1n) is 6.04. The third-order valence-electron chi connectivity index (χ3n) is 3.06. The van der Waals surface area contributed by atoms with Crippen LogP contribution in [0.2, 0.25) is 5.02 Å². The van der Waals surface area contributed by atoms with Crippen molar-refractivity contribution in [3.63, 3.8) is 0 Å². The van der Waals surface area contributed by atoms with E-state index in [2.05, 4.69) is 23.4 Å². The Labute approximate surface area is 123 Å².